The number of sulfonamides is 1. The minimum atomic E-state index is -3.72. The molecule has 8 nitrogen and oxygen atoms in total. The van der Waals surface area contributed by atoms with Crippen LogP contribution in [0, 0.1) is 13.8 Å². The van der Waals surface area contributed by atoms with Gasteiger partial charge in [-0.3, -0.25) is 4.79 Å². The standard InChI is InChI=1S/C21H24N4O4S2/c1-14-6-8-16(9-7-14)13-22-31(27,28)18-12-17(30-15(18)2)19-23-24-20(29-19)21(26)25-10-4-3-5-11-25/h6-9,12,22H,3-5,10-11,13H2,1-2H3. The Hall–Kier alpha value is -2.56. The highest BCUT2D eigenvalue weighted by Gasteiger charge is 2.26. The molecule has 0 radical (unpaired) electrons. The van der Waals surface area contributed by atoms with Crippen molar-refractivity contribution in [2.75, 3.05) is 13.1 Å². The molecule has 0 aliphatic carbocycles. The van der Waals surface area contributed by atoms with Gasteiger partial charge in [0.25, 0.3) is 5.89 Å². The Morgan fingerprint density at radius 1 is 1.13 bits per heavy atom. The van der Waals surface area contributed by atoms with Crippen molar-refractivity contribution < 1.29 is 17.6 Å². The molecular formula is C21H24N4O4S2. The Morgan fingerprint density at radius 2 is 1.84 bits per heavy atom. The maximum absolute atomic E-state index is 12.8. The largest absolute Gasteiger partial charge is 0.411 e. The van der Waals surface area contributed by atoms with Crippen molar-refractivity contribution in [2.45, 2.75) is 44.6 Å². The number of hydrogen-bond acceptors (Lipinski definition) is 7. The third-order valence-electron chi connectivity index (χ3n) is 5.21. The van der Waals surface area contributed by atoms with Crippen LogP contribution >= 0.6 is 11.3 Å². The maximum Gasteiger partial charge on any atom is 0.311 e. The van der Waals surface area contributed by atoms with Gasteiger partial charge in [0, 0.05) is 24.5 Å². The molecule has 0 bridgehead atoms. The fourth-order valence-electron chi connectivity index (χ4n) is 3.44. The molecule has 1 fully saturated rings. The molecule has 1 N–H and O–H groups in total. The number of hydrogen-bond donors (Lipinski definition) is 1. The first kappa shape index (κ1) is 21.7. The van der Waals surface area contributed by atoms with Crippen molar-refractivity contribution in [3.8, 4) is 10.8 Å². The number of benzene rings is 1. The van der Waals surface area contributed by atoms with Crippen molar-refractivity contribution in [1.82, 2.24) is 19.8 Å². The number of carbonyl (C=O) groups excluding carboxylic acids is 1. The number of aryl methyl sites for hydroxylation is 2. The monoisotopic (exact) mass is 460 g/mol. The zero-order chi connectivity index (χ0) is 22.0. The summed E-state index contributed by atoms with van der Waals surface area (Å²) >= 11 is 1.24. The fourth-order valence-corrected chi connectivity index (χ4v) is 5.97. The quantitative estimate of drug-likeness (QED) is 0.603. The van der Waals surface area contributed by atoms with E-state index in [-0.39, 0.29) is 29.1 Å². The average Bonchev–Trinajstić information content (AvgIpc) is 3.41. The van der Waals surface area contributed by atoms with E-state index in [2.05, 4.69) is 14.9 Å². The molecule has 1 aliphatic rings. The minimum Gasteiger partial charge on any atom is -0.411 e. The number of likely N-dealkylation sites (tertiary alicyclic amines) is 1. The number of nitrogens with zero attached hydrogens (tertiary/aromatic N) is 3. The Bertz CT molecular complexity index is 1180. The van der Waals surface area contributed by atoms with E-state index in [1.54, 1.807) is 11.8 Å². The molecule has 1 saturated heterocycles. The summed E-state index contributed by atoms with van der Waals surface area (Å²) in [5.74, 6) is -0.197. The van der Waals surface area contributed by atoms with Gasteiger partial charge in [-0.05, 0) is 44.7 Å². The van der Waals surface area contributed by atoms with Crippen molar-refractivity contribution >= 4 is 27.3 Å². The second-order valence-corrected chi connectivity index (χ2v) is 10.6. The molecule has 1 aromatic carbocycles. The van der Waals surface area contributed by atoms with Crippen LogP contribution < -0.4 is 4.72 Å². The van der Waals surface area contributed by atoms with Gasteiger partial charge in [-0.2, -0.15) is 0 Å². The van der Waals surface area contributed by atoms with Crippen LogP contribution in [0.5, 0.6) is 0 Å². The molecule has 10 heteroatoms. The van der Waals surface area contributed by atoms with Crippen molar-refractivity contribution in [1.29, 1.82) is 0 Å². The maximum atomic E-state index is 12.8. The summed E-state index contributed by atoms with van der Waals surface area (Å²) in [6.45, 7) is 5.27. The number of nitrogens with one attached hydrogen (secondary N) is 1. The second kappa shape index (κ2) is 8.89. The Morgan fingerprint density at radius 3 is 2.55 bits per heavy atom. The lowest BCUT2D eigenvalue weighted by atomic mass is 10.1. The average molecular weight is 461 g/mol. The van der Waals surface area contributed by atoms with Crippen LogP contribution in [0.2, 0.25) is 0 Å². The predicted molar refractivity (Wildman–Crippen MR) is 117 cm³/mol. The molecule has 0 unspecified atom stereocenters. The summed E-state index contributed by atoms with van der Waals surface area (Å²) in [4.78, 5) is 15.5. The molecule has 31 heavy (non-hydrogen) atoms. The van der Waals surface area contributed by atoms with E-state index in [0.717, 1.165) is 30.4 Å². The van der Waals surface area contributed by atoms with Gasteiger partial charge in [-0.15, -0.1) is 21.5 Å². The molecule has 4 rings (SSSR count). The number of rotatable bonds is 6. The first-order valence-electron chi connectivity index (χ1n) is 10.1. The van der Waals surface area contributed by atoms with E-state index in [1.165, 1.54) is 17.4 Å². The molecule has 3 aromatic rings. The summed E-state index contributed by atoms with van der Waals surface area (Å²) in [5, 5.41) is 7.86. The Kier molecular flexibility index (Phi) is 6.22. The zero-order valence-electron chi connectivity index (χ0n) is 17.4. The molecule has 3 heterocycles. The summed E-state index contributed by atoms with van der Waals surface area (Å²) in [5.41, 5.74) is 1.99. The van der Waals surface area contributed by atoms with Crippen LogP contribution in [-0.2, 0) is 16.6 Å². The normalized spacial score (nSPS) is 14.7. The van der Waals surface area contributed by atoms with Gasteiger partial charge in [0.15, 0.2) is 0 Å². The molecule has 0 saturated carbocycles. The van der Waals surface area contributed by atoms with Crippen molar-refractivity contribution in [3.05, 3.63) is 52.2 Å². The number of piperidine rings is 1. The van der Waals surface area contributed by atoms with E-state index in [9.17, 15) is 13.2 Å². The van der Waals surface area contributed by atoms with Crippen LogP contribution in [-0.4, -0.2) is 42.5 Å². The fraction of sp³-hybridized carbons (Fsp3) is 0.381. The minimum absolute atomic E-state index is 0.0649. The molecule has 0 spiro atoms. The molecular weight excluding hydrogens is 436 g/mol. The topological polar surface area (TPSA) is 105 Å². The summed E-state index contributed by atoms with van der Waals surface area (Å²) in [7, 11) is -3.72. The van der Waals surface area contributed by atoms with E-state index in [0.29, 0.717) is 22.8 Å². The zero-order valence-corrected chi connectivity index (χ0v) is 19.1. The highest BCUT2D eigenvalue weighted by molar-refractivity contribution is 7.89. The highest BCUT2D eigenvalue weighted by Crippen LogP contribution is 2.33. The predicted octanol–water partition coefficient (Wildman–Crippen LogP) is 3.52. The molecule has 1 amide bonds. The molecule has 2 aromatic heterocycles. The summed E-state index contributed by atoms with van der Waals surface area (Å²) in [6, 6.07) is 9.18. The van der Waals surface area contributed by atoms with E-state index in [4.69, 9.17) is 4.42 Å². The van der Waals surface area contributed by atoms with Gasteiger partial charge in [-0.25, -0.2) is 13.1 Å². The Balaban J connectivity index is 1.50. The third-order valence-corrected chi connectivity index (χ3v) is 7.91. The van der Waals surface area contributed by atoms with Crippen LogP contribution in [0.1, 0.15) is 46.0 Å². The van der Waals surface area contributed by atoms with Gasteiger partial charge in [-0.1, -0.05) is 29.8 Å². The van der Waals surface area contributed by atoms with Gasteiger partial charge in [0.05, 0.1) is 9.77 Å². The first-order chi connectivity index (χ1) is 14.8. The van der Waals surface area contributed by atoms with Crippen LogP contribution in [0.25, 0.3) is 10.8 Å². The van der Waals surface area contributed by atoms with Crippen LogP contribution in [0.15, 0.2) is 39.6 Å². The lowest BCUT2D eigenvalue weighted by Crippen LogP contribution is -2.35. The summed E-state index contributed by atoms with van der Waals surface area (Å²) in [6.07, 6.45) is 3.05. The van der Waals surface area contributed by atoms with Crippen LogP contribution in [0.4, 0.5) is 0 Å². The van der Waals surface area contributed by atoms with Gasteiger partial charge in [0.1, 0.15) is 0 Å². The third kappa shape index (κ3) is 4.86. The number of carbonyl (C=O) groups is 1. The molecule has 1 aliphatic heterocycles. The number of thiophene rings is 1. The highest BCUT2D eigenvalue weighted by atomic mass is 32.2. The van der Waals surface area contributed by atoms with Gasteiger partial charge >= 0.3 is 11.8 Å². The van der Waals surface area contributed by atoms with E-state index < -0.39 is 10.0 Å². The van der Waals surface area contributed by atoms with Gasteiger partial charge in [0.2, 0.25) is 10.0 Å². The second-order valence-electron chi connectivity index (χ2n) is 7.61. The smallest absolute Gasteiger partial charge is 0.311 e. The van der Waals surface area contributed by atoms with Crippen LogP contribution in [0.3, 0.4) is 0 Å². The lowest BCUT2D eigenvalue weighted by Gasteiger charge is -2.24. The SMILES string of the molecule is Cc1ccc(CNS(=O)(=O)c2cc(-c3nnc(C(=O)N4CCCCC4)o3)sc2C)cc1. The molecule has 164 valence electrons. The Labute approximate surface area is 185 Å². The molecule has 0 atom stereocenters. The van der Waals surface area contributed by atoms with Gasteiger partial charge < -0.3 is 9.32 Å². The van der Waals surface area contributed by atoms with E-state index >= 15 is 0 Å². The number of aromatic nitrogens is 2. The first-order valence-corrected chi connectivity index (χ1v) is 12.4. The van der Waals surface area contributed by atoms with Crippen molar-refractivity contribution in [2.24, 2.45) is 0 Å². The van der Waals surface area contributed by atoms with Crippen molar-refractivity contribution in [3.63, 3.8) is 0 Å². The lowest BCUT2D eigenvalue weighted by molar-refractivity contribution is 0.0684. The van der Waals surface area contributed by atoms with E-state index in [1.807, 2.05) is 31.2 Å². The number of amides is 1. The summed E-state index contributed by atoms with van der Waals surface area (Å²) < 4.78 is 33.9.